The SMILES string of the molecule is Cc1ccc(-c2c(C)c3c(c(C)c2[C@H](OC(C)(C)C)C(=O)O)CCN(C2CCC4(CC2)CC4)C3)cc1. The third-order valence-corrected chi connectivity index (χ3v) is 9.12. The number of hydrogen-bond donors (Lipinski definition) is 1. The lowest BCUT2D eigenvalue weighted by atomic mass is 9.78. The van der Waals surface area contributed by atoms with Gasteiger partial charge in [-0.2, -0.15) is 0 Å². The molecule has 0 radical (unpaired) electrons. The predicted octanol–water partition coefficient (Wildman–Crippen LogP) is 7.30. The summed E-state index contributed by atoms with van der Waals surface area (Å²) in [7, 11) is 0. The van der Waals surface area contributed by atoms with E-state index in [9.17, 15) is 9.90 Å². The van der Waals surface area contributed by atoms with Crippen molar-refractivity contribution < 1.29 is 14.6 Å². The van der Waals surface area contributed by atoms with E-state index in [1.807, 2.05) is 20.8 Å². The van der Waals surface area contributed by atoms with Gasteiger partial charge in [0, 0.05) is 24.7 Å². The second kappa shape index (κ2) is 9.29. The maximum absolute atomic E-state index is 12.6. The van der Waals surface area contributed by atoms with Gasteiger partial charge in [-0.3, -0.25) is 4.90 Å². The lowest BCUT2D eigenvalue weighted by molar-refractivity contribution is -0.160. The molecule has 2 aliphatic carbocycles. The number of aliphatic carboxylic acids is 1. The van der Waals surface area contributed by atoms with Crippen LogP contribution in [0.1, 0.15) is 98.8 Å². The van der Waals surface area contributed by atoms with Crippen molar-refractivity contribution >= 4 is 5.97 Å². The summed E-state index contributed by atoms with van der Waals surface area (Å²) in [6.45, 7) is 14.3. The molecule has 1 N–H and O–H groups in total. The summed E-state index contributed by atoms with van der Waals surface area (Å²) in [5.74, 6) is -0.922. The lowest BCUT2D eigenvalue weighted by Crippen LogP contribution is -2.42. The molecule has 0 saturated heterocycles. The minimum absolute atomic E-state index is 0.569. The van der Waals surface area contributed by atoms with Gasteiger partial charge in [-0.25, -0.2) is 4.79 Å². The topological polar surface area (TPSA) is 49.8 Å². The van der Waals surface area contributed by atoms with Crippen LogP contribution in [0.5, 0.6) is 0 Å². The average Bonchev–Trinajstić information content (AvgIpc) is 3.59. The molecule has 36 heavy (non-hydrogen) atoms. The Bertz CT molecular complexity index is 1140. The number of rotatable bonds is 5. The molecule has 0 aromatic heterocycles. The zero-order chi connectivity index (χ0) is 25.8. The molecular weight excluding hydrogens is 446 g/mol. The van der Waals surface area contributed by atoms with Gasteiger partial charge in [-0.15, -0.1) is 0 Å². The number of aryl methyl sites for hydroxylation is 1. The Labute approximate surface area is 217 Å². The molecule has 194 valence electrons. The summed E-state index contributed by atoms with van der Waals surface area (Å²) >= 11 is 0. The van der Waals surface area contributed by atoms with Crippen molar-refractivity contribution in [3.63, 3.8) is 0 Å². The second-order valence-electron chi connectivity index (χ2n) is 12.8. The normalized spacial score (nSPS) is 20.8. The van der Waals surface area contributed by atoms with Crippen LogP contribution in [-0.2, 0) is 22.5 Å². The zero-order valence-electron chi connectivity index (χ0n) is 23.0. The van der Waals surface area contributed by atoms with Crippen LogP contribution in [0.4, 0.5) is 0 Å². The van der Waals surface area contributed by atoms with Gasteiger partial charge < -0.3 is 9.84 Å². The van der Waals surface area contributed by atoms with Crippen LogP contribution in [-0.4, -0.2) is 34.2 Å². The van der Waals surface area contributed by atoms with E-state index in [0.29, 0.717) is 11.5 Å². The number of carbonyl (C=O) groups is 1. The molecule has 5 rings (SSSR count). The van der Waals surface area contributed by atoms with Crippen molar-refractivity contribution in [2.24, 2.45) is 5.41 Å². The molecule has 3 aliphatic rings. The number of fused-ring (bicyclic) bond motifs is 1. The van der Waals surface area contributed by atoms with Crippen LogP contribution in [0.15, 0.2) is 24.3 Å². The number of carboxylic acids is 1. The summed E-state index contributed by atoms with van der Waals surface area (Å²) in [4.78, 5) is 15.4. The molecule has 2 saturated carbocycles. The summed E-state index contributed by atoms with van der Waals surface area (Å²) < 4.78 is 6.23. The first-order valence-corrected chi connectivity index (χ1v) is 13.8. The minimum Gasteiger partial charge on any atom is -0.479 e. The maximum Gasteiger partial charge on any atom is 0.337 e. The molecule has 0 bridgehead atoms. The summed E-state index contributed by atoms with van der Waals surface area (Å²) in [6.07, 6.45) is 8.33. The van der Waals surface area contributed by atoms with Crippen LogP contribution >= 0.6 is 0 Å². The highest BCUT2D eigenvalue weighted by atomic mass is 16.5. The van der Waals surface area contributed by atoms with Crippen LogP contribution in [0.25, 0.3) is 11.1 Å². The fourth-order valence-electron chi connectivity index (χ4n) is 6.82. The van der Waals surface area contributed by atoms with E-state index in [1.54, 1.807) is 0 Å². The molecule has 1 heterocycles. The van der Waals surface area contributed by atoms with Crippen molar-refractivity contribution in [1.82, 2.24) is 4.90 Å². The molecule has 2 fully saturated rings. The van der Waals surface area contributed by atoms with E-state index in [-0.39, 0.29) is 0 Å². The summed E-state index contributed by atoms with van der Waals surface area (Å²) in [6, 6.07) is 9.20. The van der Waals surface area contributed by atoms with Gasteiger partial charge in [0.25, 0.3) is 0 Å². The van der Waals surface area contributed by atoms with Gasteiger partial charge in [-0.1, -0.05) is 29.8 Å². The molecule has 2 aromatic carbocycles. The Morgan fingerprint density at radius 2 is 1.64 bits per heavy atom. The first-order chi connectivity index (χ1) is 17.0. The summed E-state index contributed by atoms with van der Waals surface area (Å²) in [5, 5.41) is 10.4. The zero-order valence-corrected chi connectivity index (χ0v) is 23.0. The fraction of sp³-hybridized carbons (Fsp3) is 0.594. The van der Waals surface area contributed by atoms with Crippen LogP contribution in [0, 0.1) is 26.2 Å². The van der Waals surface area contributed by atoms with Gasteiger partial charge in [0.2, 0.25) is 0 Å². The Balaban J connectivity index is 1.59. The highest BCUT2D eigenvalue weighted by Crippen LogP contribution is 2.57. The molecule has 4 nitrogen and oxygen atoms in total. The lowest BCUT2D eigenvalue weighted by Gasteiger charge is -2.41. The highest BCUT2D eigenvalue weighted by molar-refractivity contribution is 5.84. The highest BCUT2D eigenvalue weighted by Gasteiger charge is 2.46. The van der Waals surface area contributed by atoms with Crippen LogP contribution in [0.3, 0.4) is 0 Å². The van der Waals surface area contributed by atoms with Crippen LogP contribution < -0.4 is 0 Å². The van der Waals surface area contributed by atoms with Gasteiger partial charge in [0.05, 0.1) is 5.60 Å². The third kappa shape index (κ3) is 4.87. The molecule has 2 aromatic rings. The predicted molar refractivity (Wildman–Crippen MR) is 145 cm³/mol. The smallest absolute Gasteiger partial charge is 0.337 e. The fourth-order valence-corrected chi connectivity index (χ4v) is 6.82. The second-order valence-corrected chi connectivity index (χ2v) is 12.8. The van der Waals surface area contributed by atoms with E-state index in [4.69, 9.17) is 4.74 Å². The molecule has 1 spiro atoms. The van der Waals surface area contributed by atoms with Crippen LogP contribution in [0.2, 0.25) is 0 Å². The quantitative estimate of drug-likeness (QED) is 0.479. The molecule has 0 amide bonds. The van der Waals surface area contributed by atoms with Gasteiger partial charge in [0.1, 0.15) is 0 Å². The van der Waals surface area contributed by atoms with Gasteiger partial charge in [-0.05, 0) is 125 Å². The average molecular weight is 490 g/mol. The van der Waals surface area contributed by atoms with E-state index in [0.717, 1.165) is 41.8 Å². The first kappa shape index (κ1) is 25.5. The third-order valence-electron chi connectivity index (χ3n) is 9.12. The standard InChI is InChI=1S/C32H43NO3/c1-20-7-9-23(10-8-20)27-22(3)26-19-33(24-11-14-32(15-12-24)16-17-32)18-13-25(26)21(2)28(27)29(30(34)35)36-31(4,5)6/h7-10,24,29H,11-19H2,1-6H3,(H,34,35)/t29-/m0/s1. The Morgan fingerprint density at radius 1 is 1.00 bits per heavy atom. The van der Waals surface area contributed by atoms with Crippen molar-refractivity contribution in [3.05, 3.63) is 57.6 Å². The van der Waals surface area contributed by atoms with Crippen molar-refractivity contribution in [1.29, 1.82) is 0 Å². The number of hydrogen-bond acceptors (Lipinski definition) is 3. The largest absolute Gasteiger partial charge is 0.479 e. The van der Waals surface area contributed by atoms with E-state index >= 15 is 0 Å². The molecule has 1 aliphatic heterocycles. The van der Waals surface area contributed by atoms with E-state index in [2.05, 4.69) is 49.9 Å². The molecule has 0 unspecified atom stereocenters. The number of ether oxygens (including phenoxy) is 1. The van der Waals surface area contributed by atoms with E-state index < -0.39 is 17.7 Å². The number of nitrogens with zero attached hydrogens (tertiary/aromatic N) is 1. The first-order valence-electron chi connectivity index (χ1n) is 13.8. The van der Waals surface area contributed by atoms with Gasteiger partial charge in [0.15, 0.2) is 6.10 Å². The Hall–Kier alpha value is -2.17. The molecular formula is C32H43NO3. The summed E-state index contributed by atoms with van der Waals surface area (Å²) in [5.41, 5.74) is 9.37. The van der Waals surface area contributed by atoms with Crippen molar-refractivity contribution in [3.8, 4) is 11.1 Å². The van der Waals surface area contributed by atoms with E-state index in [1.165, 1.54) is 60.8 Å². The Kier molecular flexibility index (Phi) is 6.58. The minimum atomic E-state index is -1.00. The molecule has 1 atom stereocenters. The maximum atomic E-state index is 12.6. The number of carboxylic acid groups (broad SMARTS) is 1. The molecule has 4 heteroatoms. The number of benzene rings is 2. The Morgan fingerprint density at radius 3 is 2.19 bits per heavy atom. The van der Waals surface area contributed by atoms with Crippen molar-refractivity contribution in [2.75, 3.05) is 6.54 Å². The van der Waals surface area contributed by atoms with Gasteiger partial charge >= 0.3 is 5.97 Å². The monoisotopic (exact) mass is 489 g/mol. The van der Waals surface area contributed by atoms with Crippen molar-refractivity contribution in [2.45, 2.75) is 111 Å².